The molecule has 0 fully saturated rings. The first-order valence-corrected chi connectivity index (χ1v) is 7.02. The molecule has 0 atom stereocenters. The fraction of sp³-hybridized carbons (Fsp3) is 0.167. The Hall–Kier alpha value is -2.75. The van der Waals surface area contributed by atoms with Gasteiger partial charge in [0.05, 0.1) is 12.2 Å². The van der Waals surface area contributed by atoms with Crippen molar-refractivity contribution in [1.29, 1.82) is 0 Å². The third-order valence-electron chi connectivity index (χ3n) is 2.77. The van der Waals surface area contributed by atoms with Crippen LogP contribution in [0.3, 0.4) is 0 Å². The Labute approximate surface area is 129 Å². The van der Waals surface area contributed by atoms with E-state index in [0.717, 1.165) is 5.75 Å². The first kappa shape index (κ1) is 15.6. The molecule has 2 aromatic carbocycles. The van der Waals surface area contributed by atoms with Crippen molar-refractivity contribution in [3.8, 4) is 17.2 Å². The lowest BCUT2D eigenvalue weighted by Crippen LogP contribution is -2.06. The van der Waals surface area contributed by atoms with Gasteiger partial charge in [-0.2, -0.15) is 0 Å². The smallest absolute Gasteiger partial charge is 0.336 e. The highest BCUT2D eigenvalue weighted by Crippen LogP contribution is 2.23. The van der Waals surface area contributed by atoms with Crippen LogP contribution in [0.5, 0.6) is 17.2 Å². The molecule has 4 heteroatoms. The van der Waals surface area contributed by atoms with E-state index in [2.05, 4.69) is 0 Å². The number of carbonyl (C=O) groups excluding carboxylic acids is 1. The highest BCUT2D eigenvalue weighted by Gasteiger charge is 2.05. The number of rotatable bonds is 6. The lowest BCUT2D eigenvalue weighted by molar-refractivity contribution is -0.138. The van der Waals surface area contributed by atoms with Crippen LogP contribution in [-0.2, 0) is 9.53 Å². The summed E-state index contributed by atoms with van der Waals surface area (Å²) in [5.74, 6) is 1.72. The molecular formula is C18H18O4. The van der Waals surface area contributed by atoms with E-state index < -0.39 is 0 Å². The maximum absolute atomic E-state index is 11.4. The molecule has 0 aliphatic rings. The van der Waals surface area contributed by atoms with Crippen LogP contribution in [0.1, 0.15) is 13.8 Å². The second-order valence-corrected chi connectivity index (χ2v) is 4.53. The average molecular weight is 298 g/mol. The SMILES string of the molecule is CCOC(=O)/C(C)=C\Oc1ccc(Oc2ccccc2)cc1. The number of para-hydroxylation sites is 1. The van der Waals surface area contributed by atoms with Crippen LogP contribution >= 0.6 is 0 Å². The summed E-state index contributed by atoms with van der Waals surface area (Å²) in [6.07, 6.45) is 1.38. The fourth-order valence-corrected chi connectivity index (χ4v) is 1.66. The molecule has 4 nitrogen and oxygen atoms in total. The standard InChI is InChI=1S/C18H18O4/c1-3-20-18(19)14(2)13-21-15-9-11-17(12-10-15)22-16-7-5-4-6-8-16/h4-13H,3H2,1-2H3/b14-13-. The van der Waals surface area contributed by atoms with Gasteiger partial charge in [0.25, 0.3) is 0 Å². The van der Waals surface area contributed by atoms with Gasteiger partial charge in [-0.05, 0) is 50.2 Å². The van der Waals surface area contributed by atoms with Crippen molar-refractivity contribution in [3.63, 3.8) is 0 Å². The molecule has 0 aliphatic carbocycles. The van der Waals surface area contributed by atoms with Crippen LogP contribution in [0.25, 0.3) is 0 Å². The summed E-state index contributed by atoms with van der Waals surface area (Å²) in [5.41, 5.74) is 0.409. The summed E-state index contributed by atoms with van der Waals surface area (Å²) in [4.78, 5) is 11.4. The first-order chi connectivity index (χ1) is 10.7. The monoisotopic (exact) mass is 298 g/mol. The molecule has 0 unspecified atom stereocenters. The van der Waals surface area contributed by atoms with E-state index in [4.69, 9.17) is 14.2 Å². The van der Waals surface area contributed by atoms with Crippen LogP contribution in [0.15, 0.2) is 66.4 Å². The molecule has 2 aromatic rings. The zero-order valence-corrected chi connectivity index (χ0v) is 12.6. The molecule has 0 heterocycles. The van der Waals surface area contributed by atoms with Gasteiger partial charge < -0.3 is 14.2 Å². The van der Waals surface area contributed by atoms with Gasteiger partial charge in [0.15, 0.2) is 0 Å². The minimum Gasteiger partial charge on any atom is -0.464 e. The van der Waals surface area contributed by atoms with E-state index in [1.54, 1.807) is 38.1 Å². The summed E-state index contributed by atoms with van der Waals surface area (Å²) in [7, 11) is 0. The number of benzene rings is 2. The predicted molar refractivity (Wildman–Crippen MR) is 84.0 cm³/mol. The van der Waals surface area contributed by atoms with Crippen LogP contribution in [-0.4, -0.2) is 12.6 Å². The number of hydrogen-bond donors (Lipinski definition) is 0. The van der Waals surface area contributed by atoms with Gasteiger partial charge in [0.1, 0.15) is 23.5 Å². The van der Waals surface area contributed by atoms with Gasteiger partial charge in [-0.1, -0.05) is 18.2 Å². The largest absolute Gasteiger partial charge is 0.464 e. The van der Waals surface area contributed by atoms with E-state index in [0.29, 0.717) is 23.7 Å². The minimum atomic E-state index is -0.383. The lowest BCUT2D eigenvalue weighted by Gasteiger charge is -2.07. The van der Waals surface area contributed by atoms with E-state index in [-0.39, 0.29) is 5.97 Å². The Morgan fingerprint density at radius 1 is 0.955 bits per heavy atom. The molecule has 0 radical (unpaired) electrons. The topological polar surface area (TPSA) is 44.8 Å². The van der Waals surface area contributed by atoms with Gasteiger partial charge in [-0.25, -0.2) is 4.79 Å². The number of carbonyl (C=O) groups is 1. The third kappa shape index (κ3) is 4.66. The zero-order chi connectivity index (χ0) is 15.8. The molecule has 2 rings (SSSR count). The molecule has 0 saturated heterocycles. The zero-order valence-electron chi connectivity index (χ0n) is 12.6. The van der Waals surface area contributed by atoms with Crippen molar-refractivity contribution in [1.82, 2.24) is 0 Å². The lowest BCUT2D eigenvalue weighted by atomic mass is 10.3. The summed E-state index contributed by atoms with van der Waals surface area (Å²) in [6.45, 7) is 3.75. The summed E-state index contributed by atoms with van der Waals surface area (Å²) in [5, 5.41) is 0. The second-order valence-electron chi connectivity index (χ2n) is 4.53. The normalized spacial score (nSPS) is 10.9. The molecule has 0 bridgehead atoms. The summed E-state index contributed by atoms with van der Waals surface area (Å²) < 4.78 is 16.0. The van der Waals surface area contributed by atoms with Crippen molar-refractivity contribution in [2.45, 2.75) is 13.8 Å². The van der Waals surface area contributed by atoms with E-state index in [1.807, 2.05) is 30.3 Å². The van der Waals surface area contributed by atoms with Gasteiger partial charge in [-0.15, -0.1) is 0 Å². The molecule has 0 spiro atoms. The average Bonchev–Trinajstić information content (AvgIpc) is 2.55. The molecule has 0 aromatic heterocycles. The van der Waals surface area contributed by atoms with Crippen molar-refractivity contribution in [2.75, 3.05) is 6.61 Å². The van der Waals surface area contributed by atoms with Gasteiger partial charge in [0.2, 0.25) is 0 Å². The van der Waals surface area contributed by atoms with E-state index in [1.165, 1.54) is 6.26 Å². The maximum Gasteiger partial charge on any atom is 0.336 e. The molecule has 0 N–H and O–H groups in total. The fourth-order valence-electron chi connectivity index (χ4n) is 1.66. The van der Waals surface area contributed by atoms with E-state index in [9.17, 15) is 4.79 Å². The highest BCUT2D eigenvalue weighted by atomic mass is 16.5. The van der Waals surface area contributed by atoms with E-state index >= 15 is 0 Å². The summed E-state index contributed by atoms with van der Waals surface area (Å²) >= 11 is 0. The van der Waals surface area contributed by atoms with Crippen LogP contribution < -0.4 is 9.47 Å². The Bertz CT molecular complexity index is 630. The van der Waals surface area contributed by atoms with Crippen molar-refractivity contribution in [3.05, 3.63) is 66.4 Å². The Kier molecular flexibility index (Phi) is 5.60. The molecule has 0 aliphatic heterocycles. The van der Waals surface area contributed by atoms with Gasteiger partial charge in [0, 0.05) is 0 Å². The van der Waals surface area contributed by atoms with Gasteiger partial charge >= 0.3 is 5.97 Å². The molecular weight excluding hydrogens is 280 g/mol. The number of hydrogen-bond acceptors (Lipinski definition) is 4. The minimum absolute atomic E-state index is 0.343. The van der Waals surface area contributed by atoms with Crippen molar-refractivity contribution >= 4 is 5.97 Å². The van der Waals surface area contributed by atoms with Crippen LogP contribution in [0, 0.1) is 0 Å². The Balaban J connectivity index is 1.94. The molecule has 114 valence electrons. The van der Waals surface area contributed by atoms with Crippen molar-refractivity contribution < 1.29 is 19.0 Å². The molecule has 0 saturated carbocycles. The van der Waals surface area contributed by atoms with Crippen LogP contribution in [0.4, 0.5) is 0 Å². The number of ether oxygens (including phenoxy) is 3. The number of esters is 1. The van der Waals surface area contributed by atoms with Crippen LogP contribution in [0.2, 0.25) is 0 Å². The highest BCUT2D eigenvalue weighted by molar-refractivity contribution is 5.87. The van der Waals surface area contributed by atoms with Gasteiger partial charge in [-0.3, -0.25) is 0 Å². The summed E-state index contributed by atoms with van der Waals surface area (Å²) in [6, 6.07) is 16.7. The predicted octanol–water partition coefficient (Wildman–Crippen LogP) is 4.32. The quantitative estimate of drug-likeness (QED) is 0.452. The third-order valence-corrected chi connectivity index (χ3v) is 2.77. The Morgan fingerprint density at radius 3 is 2.18 bits per heavy atom. The Morgan fingerprint density at radius 2 is 1.55 bits per heavy atom. The molecule has 22 heavy (non-hydrogen) atoms. The van der Waals surface area contributed by atoms with Crippen molar-refractivity contribution in [2.24, 2.45) is 0 Å². The maximum atomic E-state index is 11.4. The molecule has 0 amide bonds. The second kappa shape index (κ2) is 7.88. The first-order valence-electron chi connectivity index (χ1n) is 7.02.